The lowest BCUT2D eigenvalue weighted by Gasteiger charge is -2.09. The number of hydrogen-bond acceptors (Lipinski definition) is 4. The summed E-state index contributed by atoms with van der Waals surface area (Å²) in [7, 11) is 0. The molecule has 0 amide bonds. The van der Waals surface area contributed by atoms with Gasteiger partial charge < -0.3 is 10.5 Å². The van der Waals surface area contributed by atoms with E-state index in [0.29, 0.717) is 18.8 Å². The molecule has 2 N–H and O–H groups in total. The van der Waals surface area contributed by atoms with Gasteiger partial charge in [-0.1, -0.05) is 5.21 Å². The minimum Gasteiger partial charge on any atom is -0.373 e. The van der Waals surface area contributed by atoms with Crippen molar-refractivity contribution in [3.8, 4) is 0 Å². The molecule has 2 atom stereocenters. The average Bonchev–Trinajstić information content (AvgIpc) is 2.86. The fourth-order valence-electron chi connectivity index (χ4n) is 2.05. The summed E-state index contributed by atoms with van der Waals surface area (Å²) in [5.74, 6) is 0. The lowest BCUT2D eigenvalue weighted by molar-refractivity contribution is 0.0434. The summed E-state index contributed by atoms with van der Waals surface area (Å²) in [6.07, 6.45) is 6.86. The molecule has 5 heteroatoms. The van der Waals surface area contributed by atoms with Gasteiger partial charge in [-0.25, -0.2) is 4.68 Å². The Hall–Kier alpha value is -0.940. The van der Waals surface area contributed by atoms with Crippen LogP contribution in [-0.2, 0) is 17.7 Å². The highest BCUT2D eigenvalue weighted by Crippen LogP contribution is 2.20. The van der Waals surface area contributed by atoms with E-state index in [-0.39, 0.29) is 0 Å². The monoisotopic (exact) mass is 224 g/mol. The van der Waals surface area contributed by atoms with Crippen molar-refractivity contribution < 1.29 is 4.74 Å². The van der Waals surface area contributed by atoms with Gasteiger partial charge in [-0.2, -0.15) is 0 Å². The number of aryl methyl sites for hydroxylation is 1. The number of rotatable bonds is 5. The van der Waals surface area contributed by atoms with Crippen molar-refractivity contribution in [3.63, 3.8) is 0 Å². The standard InChI is InChI=1S/C11H20N4O/c1-9-4-5-11(16-9)8-15-7-10(13-14-15)3-2-6-12/h7,9,11H,2-6,8,12H2,1H3. The third kappa shape index (κ3) is 3.02. The molecule has 2 unspecified atom stereocenters. The third-order valence-corrected chi connectivity index (χ3v) is 2.93. The van der Waals surface area contributed by atoms with E-state index in [2.05, 4.69) is 17.2 Å². The van der Waals surface area contributed by atoms with Gasteiger partial charge in [0, 0.05) is 6.20 Å². The van der Waals surface area contributed by atoms with Crippen LogP contribution in [0.4, 0.5) is 0 Å². The van der Waals surface area contributed by atoms with Crippen LogP contribution >= 0.6 is 0 Å². The van der Waals surface area contributed by atoms with Crippen molar-refractivity contribution in [2.45, 2.75) is 51.4 Å². The van der Waals surface area contributed by atoms with Gasteiger partial charge in [-0.15, -0.1) is 5.10 Å². The highest BCUT2D eigenvalue weighted by atomic mass is 16.5. The maximum absolute atomic E-state index is 5.75. The van der Waals surface area contributed by atoms with E-state index in [1.165, 1.54) is 0 Å². The molecule has 0 saturated carbocycles. The summed E-state index contributed by atoms with van der Waals surface area (Å²) in [4.78, 5) is 0. The molecule has 1 aromatic rings. The first kappa shape index (κ1) is 11.5. The molecule has 2 heterocycles. The minimum absolute atomic E-state index is 0.305. The van der Waals surface area contributed by atoms with Gasteiger partial charge in [-0.3, -0.25) is 0 Å². The SMILES string of the molecule is CC1CCC(Cn2cc(CCCN)nn2)O1. The fourth-order valence-corrected chi connectivity index (χ4v) is 2.05. The van der Waals surface area contributed by atoms with Crippen molar-refractivity contribution in [2.24, 2.45) is 5.73 Å². The highest BCUT2D eigenvalue weighted by Gasteiger charge is 2.22. The van der Waals surface area contributed by atoms with Gasteiger partial charge in [0.15, 0.2) is 0 Å². The molecule has 1 saturated heterocycles. The highest BCUT2D eigenvalue weighted by molar-refractivity contribution is 4.92. The van der Waals surface area contributed by atoms with E-state index in [0.717, 1.165) is 37.9 Å². The second-order valence-electron chi connectivity index (χ2n) is 4.47. The number of aromatic nitrogens is 3. The van der Waals surface area contributed by atoms with Gasteiger partial charge in [0.1, 0.15) is 0 Å². The predicted molar refractivity (Wildman–Crippen MR) is 61.0 cm³/mol. The summed E-state index contributed by atoms with van der Waals surface area (Å²) in [5.41, 5.74) is 6.48. The molecule has 0 radical (unpaired) electrons. The molecule has 1 aliphatic heterocycles. The van der Waals surface area contributed by atoms with E-state index < -0.39 is 0 Å². The summed E-state index contributed by atoms with van der Waals surface area (Å²) >= 11 is 0. The molecule has 1 fully saturated rings. The topological polar surface area (TPSA) is 66.0 Å². The van der Waals surface area contributed by atoms with Crippen LogP contribution in [0.2, 0.25) is 0 Å². The average molecular weight is 224 g/mol. The zero-order chi connectivity index (χ0) is 11.4. The predicted octanol–water partition coefficient (Wildman–Crippen LogP) is 0.737. The first-order valence-electron chi connectivity index (χ1n) is 6.02. The van der Waals surface area contributed by atoms with Crippen LogP contribution in [0.1, 0.15) is 31.9 Å². The fraction of sp³-hybridized carbons (Fsp3) is 0.818. The van der Waals surface area contributed by atoms with Gasteiger partial charge in [0.25, 0.3) is 0 Å². The second kappa shape index (κ2) is 5.41. The van der Waals surface area contributed by atoms with Crippen molar-refractivity contribution >= 4 is 0 Å². The largest absolute Gasteiger partial charge is 0.373 e. The molecule has 0 bridgehead atoms. The van der Waals surface area contributed by atoms with Crippen LogP contribution < -0.4 is 5.73 Å². The van der Waals surface area contributed by atoms with Crippen LogP contribution in [0.3, 0.4) is 0 Å². The van der Waals surface area contributed by atoms with Crippen LogP contribution in [0.15, 0.2) is 6.20 Å². The van der Waals surface area contributed by atoms with Gasteiger partial charge >= 0.3 is 0 Å². The number of hydrogen-bond donors (Lipinski definition) is 1. The Morgan fingerprint density at radius 2 is 2.44 bits per heavy atom. The Morgan fingerprint density at radius 1 is 1.56 bits per heavy atom. The molecule has 1 aromatic heterocycles. The van der Waals surface area contributed by atoms with Crippen LogP contribution in [-0.4, -0.2) is 33.7 Å². The summed E-state index contributed by atoms with van der Waals surface area (Å²) in [6.45, 7) is 3.64. The normalized spacial score (nSPS) is 25.1. The third-order valence-electron chi connectivity index (χ3n) is 2.93. The maximum Gasteiger partial charge on any atom is 0.0827 e. The van der Waals surface area contributed by atoms with E-state index >= 15 is 0 Å². The summed E-state index contributed by atoms with van der Waals surface area (Å²) < 4.78 is 7.63. The van der Waals surface area contributed by atoms with E-state index in [9.17, 15) is 0 Å². The van der Waals surface area contributed by atoms with E-state index in [1.54, 1.807) is 0 Å². The van der Waals surface area contributed by atoms with Gasteiger partial charge in [0.05, 0.1) is 24.4 Å². The molecule has 90 valence electrons. The van der Waals surface area contributed by atoms with E-state index in [1.807, 2.05) is 10.9 Å². The molecule has 1 aliphatic rings. The van der Waals surface area contributed by atoms with Gasteiger partial charge in [-0.05, 0) is 39.2 Å². The zero-order valence-electron chi connectivity index (χ0n) is 9.80. The molecular formula is C11H20N4O. The number of ether oxygens (including phenoxy) is 1. The second-order valence-corrected chi connectivity index (χ2v) is 4.47. The quantitative estimate of drug-likeness (QED) is 0.801. The Balaban J connectivity index is 1.83. The number of nitrogens with two attached hydrogens (primary N) is 1. The molecule has 16 heavy (non-hydrogen) atoms. The lowest BCUT2D eigenvalue weighted by atomic mass is 10.2. The number of nitrogens with zero attached hydrogens (tertiary/aromatic N) is 3. The van der Waals surface area contributed by atoms with Crippen molar-refractivity contribution in [3.05, 3.63) is 11.9 Å². The van der Waals surface area contributed by atoms with Crippen LogP contribution in [0.25, 0.3) is 0 Å². The minimum atomic E-state index is 0.305. The molecule has 0 aromatic carbocycles. The Morgan fingerprint density at radius 3 is 3.12 bits per heavy atom. The lowest BCUT2D eigenvalue weighted by Crippen LogP contribution is -2.16. The van der Waals surface area contributed by atoms with Crippen LogP contribution in [0.5, 0.6) is 0 Å². The molecular weight excluding hydrogens is 204 g/mol. The Kier molecular flexibility index (Phi) is 3.90. The van der Waals surface area contributed by atoms with Crippen molar-refractivity contribution in [1.29, 1.82) is 0 Å². The first-order valence-corrected chi connectivity index (χ1v) is 6.02. The van der Waals surface area contributed by atoms with Crippen molar-refractivity contribution in [1.82, 2.24) is 15.0 Å². The van der Waals surface area contributed by atoms with Crippen LogP contribution in [0, 0.1) is 0 Å². The molecule has 2 rings (SSSR count). The summed E-state index contributed by atoms with van der Waals surface area (Å²) in [5, 5.41) is 8.22. The molecule has 0 aliphatic carbocycles. The smallest absolute Gasteiger partial charge is 0.0827 e. The first-order chi connectivity index (χ1) is 7.78. The van der Waals surface area contributed by atoms with Gasteiger partial charge in [0.2, 0.25) is 0 Å². The maximum atomic E-state index is 5.75. The Bertz CT molecular complexity index is 326. The molecule has 5 nitrogen and oxygen atoms in total. The molecule has 0 spiro atoms. The van der Waals surface area contributed by atoms with Crippen molar-refractivity contribution in [2.75, 3.05) is 6.54 Å². The van der Waals surface area contributed by atoms with E-state index in [4.69, 9.17) is 10.5 Å². The zero-order valence-corrected chi connectivity index (χ0v) is 9.80. The summed E-state index contributed by atoms with van der Waals surface area (Å²) in [6, 6.07) is 0. The Labute approximate surface area is 96.0 Å².